The Kier molecular flexibility index (Phi) is 5.22. The molecule has 1 N–H and O–H groups in total. The molecule has 0 aromatic carbocycles. The number of nitrogens with zero attached hydrogens (tertiary/aromatic N) is 2. The first kappa shape index (κ1) is 14.8. The highest BCUT2D eigenvalue weighted by Gasteiger charge is 2.29. The first-order chi connectivity index (χ1) is 9.11. The van der Waals surface area contributed by atoms with Crippen molar-refractivity contribution >= 4 is 5.91 Å². The van der Waals surface area contributed by atoms with Crippen LogP contribution < -0.4 is 5.32 Å². The van der Waals surface area contributed by atoms with Gasteiger partial charge in [-0.1, -0.05) is 13.8 Å². The van der Waals surface area contributed by atoms with Crippen LogP contribution in [0.2, 0.25) is 0 Å². The van der Waals surface area contributed by atoms with Crippen LogP contribution >= 0.6 is 0 Å². The minimum atomic E-state index is 0.299. The fourth-order valence-electron chi connectivity index (χ4n) is 3.15. The second-order valence-electron chi connectivity index (χ2n) is 6.29. The molecule has 0 atom stereocenters. The van der Waals surface area contributed by atoms with Crippen LogP contribution in [-0.2, 0) is 4.79 Å². The second kappa shape index (κ2) is 6.71. The molecule has 0 aromatic heterocycles. The van der Waals surface area contributed by atoms with E-state index in [-0.39, 0.29) is 0 Å². The summed E-state index contributed by atoms with van der Waals surface area (Å²) in [4.78, 5) is 16.7. The number of carbonyl (C=O) groups excluding carboxylic acids is 1. The molecular formula is C15H29N3O. The summed E-state index contributed by atoms with van der Waals surface area (Å²) in [5.41, 5.74) is 0. The van der Waals surface area contributed by atoms with Crippen LogP contribution in [0.3, 0.4) is 0 Å². The Morgan fingerprint density at radius 1 is 1.16 bits per heavy atom. The monoisotopic (exact) mass is 267 g/mol. The zero-order valence-electron chi connectivity index (χ0n) is 12.7. The second-order valence-corrected chi connectivity index (χ2v) is 6.29. The summed E-state index contributed by atoms with van der Waals surface area (Å²) in [6.45, 7) is 8.09. The molecule has 0 unspecified atom stereocenters. The van der Waals surface area contributed by atoms with E-state index in [2.05, 4.69) is 24.1 Å². The maximum atomic E-state index is 12.4. The van der Waals surface area contributed by atoms with Crippen LogP contribution in [0, 0.1) is 5.92 Å². The number of rotatable bonds is 5. The van der Waals surface area contributed by atoms with Gasteiger partial charge >= 0.3 is 0 Å². The van der Waals surface area contributed by atoms with Crippen molar-refractivity contribution < 1.29 is 4.79 Å². The zero-order chi connectivity index (χ0) is 13.8. The molecule has 0 aromatic rings. The van der Waals surface area contributed by atoms with Gasteiger partial charge in [-0.05, 0) is 38.1 Å². The van der Waals surface area contributed by atoms with Crippen molar-refractivity contribution in [3.8, 4) is 0 Å². The van der Waals surface area contributed by atoms with Gasteiger partial charge in [0.25, 0.3) is 0 Å². The van der Waals surface area contributed by atoms with Crippen LogP contribution in [0.1, 0.15) is 39.5 Å². The number of amides is 1. The lowest BCUT2D eigenvalue weighted by Crippen LogP contribution is -2.59. The van der Waals surface area contributed by atoms with E-state index in [1.54, 1.807) is 0 Å². The highest BCUT2D eigenvalue weighted by molar-refractivity contribution is 5.78. The van der Waals surface area contributed by atoms with Gasteiger partial charge in [-0.25, -0.2) is 0 Å². The predicted molar refractivity (Wildman–Crippen MR) is 78.1 cm³/mol. The van der Waals surface area contributed by atoms with Gasteiger partial charge in [0.2, 0.25) is 5.91 Å². The van der Waals surface area contributed by atoms with Gasteiger partial charge < -0.3 is 10.2 Å². The minimum absolute atomic E-state index is 0.299. The van der Waals surface area contributed by atoms with E-state index in [1.165, 1.54) is 25.7 Å². The summed E-state index contributed by atoms with van der Waals surface area (Å²) in [6.07, 6.45) is 4.90. The Balaban J connectivity index is 1.80. The van der Waals surface area contributed by atoms with Crippen LogP contribution in [0.15, 0.2) is 0 Å². The van der Waals surface area contributed by atoms with Crippen molar-refractivity contribution in [2.75, 3.05) is 33.2 Å². The minimum Gasteiger partial charge on any atom is -0.342 e. The Labute approximate surface area is 117 Å². The van der Waals surface area contributed by atoms with Crippen LogP contribution in [0.4, 0.5) is 0 Å². The number of nitrogens with one attached hydrogen (secondary N) is 1. The lowest BCUT2D eigenvalue weighted by Gasteiger charge is -2.39. The summed E-state index contributed by atoms with van der Waals surface area (Å²) in [6, 6.07) is 1.04. The van der Waals surface area contributed by atoms with E-state index in [0.717, 1.165) is 25.6 Å². The summed E-state index contributed by atoms with van der Waals surface area (Å²) in [7, 11) is 2.00. The van der Waals surface area contributed by atoms with Gasteiger partial charge in [0.05, 0.1) is 6.54 Å². The fourth-order valence-corrected chi connectivity index (χ4v) is 3.15. The zero-order valence-corrected chi connectivity index (χ0v) is 12.7. The van der Waals surface area contributed by atoms with Crippen molar-refractivity contribution in [3.05, 3.63) is 0 Å². The molecule has 2 aliphatic rings. The van der Waals surface area contributed by atoms with Crippen molar-refractivity contribution in [2.24, 2.45) is 5.92 Å². The lowest BCUT2D eigenvalue weighted by atomic mass is 9.87. The molecule has 2 rings (SSSR count). The summed E-state index contributed by atoms with van der Waals surface area (Å²) < 4.78 is 0. The van der Waals surface area contributed by atoms with E-state index in [9.17, 15) is 4.79 Å². The standard InChI is InChI=1S/C15H29N3O/c1-4-18(14-9-16-10-14)11-15(19)17(3)13-7-5-12(2)6-8-13/h12-14,16H,4-11H2,1-3H3. The third-order valence-electron chi connectivity index (χ3n) is 4.95. The molecular weight excluding hydrogens is 238 g/mol. The number of hydrogen-bond donors (Lipinski definition) is 1. The summed E-state index contributed by atoms with van der Waals surface area (Å²) in [5.74, 6) is 1.14. The average molecular weight is 267 g/mol. The topological polar surface area (TPSA) is 35.6 Å². The third-order valence-corrected chi connectivity index (χ3v) is 4.95. The third kappa shape index (κ3) is 3.69. The van der Waals surface area contributed by atoms with Gasteiger partial charge in [0, 0.05) is 32.2 Å². The highest BCUT2D eigenvalue weighted by Crippen LogP contribution is 2.26. The van der Waals surface area contributed by atoms with Gasteiger partial charge in [0.1, 0.15) is 0 Å². The number of likely N-dealkylation sites (N-methyl/N-ethyl adjacent to an activating group) is 2. The molecule has 0 radical (unpaired) electrons. The first-order valence-electron chi connectivity index (χ1n) is 7.82. The smallest absolute Gasteiger partial charge is 0.236 e. The van der Waals surface area contributed by atoms with Crippen LogP contribution in [-0.4, -0.2) is 61.0 Å². The van der Waals surface area contributed by atoms with E-state index in [1.807, 2.05) is 11.9 Å². The molecule has 1 heterocycles. The van der Waals surface area contributed by atoms with Crippen LogP contribution in [0.25, 0.3) is 0 Å². The molecule has 1 aliphatic heterocycles. The molecule has 1 saturated carbocycles. The molecule has 2 fully saturated rings. The Morgan fingerprint density at radius 2 is 1.79 bits per heavy atom. The molecule has 1 aliphatic carbocycles. The van der Waals surface area contributed by atoms with E-state index in [0.29, 0.717) is 24.5 Å². The highest BCUT2D eigenvalue weighted by atomic mass is 16.2. The van der Waals surface area contributed by atoms with E-state index < -0.39 is 0 Å². The predicted octanol–water partition coefficient (Wildman–Crippen LogP) is 1.32. The summed E-state index contributed by atoms with van der Waals surface area (Å²) >= 11 is 0. The quantitative estimate of drug-likeness (QED) is 0.816. The number of carbonyl (C=O) groups is 1. The lowest BCUT2D eigenvalue weighted by molar-refractivity contribution is -0.134. The molecule has 19 heavy (non-hydrogen) atoms. The van der Waals surface area contributed by atoms with E-state index in [4.69, 9.17) is 0 Å². The van der Waals surface area contributed by atoms with Gasteiger partial charge in [-0.2, -0.15) is 0 Å². The van der Waals surface area contributed by atoms with Gasteiger partial charge in [0.15, 0.2) is 0 Å². The van der Waals surface area contributed by atoms with Gasteiger partial charge in [-0.3, -0.25) is 9.69 Å². The van der Waals surface area contributed by atoms with Crippen molar-refractivity contribution in [2.45, 2.75) is 51.6 Å². The van der Waals surface area contributed by atoms with Crippen LogP contribution in [0.5, 0.6) is 0 Å². The number of hydrogen-bond acceptors (Lipinski definition) is 3. The largest absolute Gasteiger partial charge is 0.342 e. The Hall–Kier alpha value is -0.610. The van der Waals surface area contributed by atoms with E-state index >= 15 is 0 Å². The Morgan fingerprint density at radius 3 is 2.26 bits per heavy atom. The molecule has 4 heteroatoms. The van der Waals surface area contributed by atoms with Crippen molar-refractivity contribution in [1.29, 1.82) is 0 Å². The van der Waals surface area contributed by atoms with Crippen molar-refractivity contribution in [1.82, 2.24) is 15.1 Å². The molecule has 4 nitrogen and oxygen atoms in total. The summed E-state index contributed by atoms with van der Waals surface area (Å²) in [5, 5.41) is 3.28. The molecule has 110 valence electrons. The average Bonchev–Trinajstić information content (AvgIpc) is 2.35. The molecule has 1 amide bonds. The molecule has 1 saturated heterocycles. The normalized spacial score (nSPS) is 28.2. The SMILES string of the molecule is CCN(CC(=O)N(C)C1CCC(C)CC1)C1CNC1. The fraction of sp³-hybridized carbons (Fsp3) is 0.933. The molecule has 0 bridgehead atoms. The first-order valence-corrected chi connectivity index (χ1v) is 7.82. The van der Waals surface area contributed by atoms with Crippen molar-refractivity contribution in [3.63, 3.8) is 0 Å². The maximum absolute atomic E-state index is 12.4. The Bertz CT molecular complexity index is 296. The maximum Gasteiger partial charge on any atom is 0.236 e. The molecule has 0 spiro atoms. The van der Waals surface area contributed by atoms with Gasteiger partial charge in [-0.15, -0.1) is 0 Å².